The van der Waals surface area contributed by atoms with Gasteiger partial charge >= 0.3 is 11.5 Å². The van der Waals surface area contributed by atoms with E-state index in [1.807, 2.05) is 32.0 Å². The number of ether oxygens (including phenoxy) is 2. The molecule has 0 radical (unpaired) electrons. The molecule has 0 bridgehead atoms. The number of alkyl halides is 4. The Morgan fingerprint density at radius 2 is 1.23 bits per heavy atom. The van der Waals surface area contributed by atoms with Crippen LogP contribution in [0, 0.1) is 6.92 Å². The van der Waals surface area contributed by atoms with Crippen LogP contribution in [0.25, 0.3) is 10.8 Å². The number of hydrogen-bond acceptors (Lipinski definition) is 12. The van der Waals surface area contributed by atoms with Crippen LogP contribution >= 0.6 is 58.0 Å². The van der Waals surface area contributed by atoms with Gasteiger partial charge in [-0.1, -0.05) is 128 Å². The van der Waals surface area contributed by atoms with Crippen molar-refractivity contribution >= 4 is 128 Å². The number of aldehydes is 2. The van der Waals surface area contributed by atoms with Gasteiger partial charge in [0.05, 0.1) is 0 Å². The van der Waals surface area contributed by atoms with Gasteiger partial charge < -0.3 is 45.4 Å². The Balaban J connectivity index is -0.00000125. The molecule has 4 amide bonds. The Morgan fingerprint density at radius 3 is 1.72 bits per heavy atom. The first-order chi connectivity index (χ1) is 46.8. The van der Waals surface area contributed by atoms with Gasteiger partial charge in [-0.25, -0.2) is 9.59 Å². The molecule has 4 heterocycles. The lowest BCUT2D eigenvalue weighted by Gasteiger charge is -2.39. The fraction of sp³-hybridized carbons (Fsp3) is 0.379. The minimum absolute atomic E-state index is 0. The topological polar surface area (TPSA) is 196 Å². The third-order valence-electron chi connectivity index (χ3n) is 15.1. The van der Waals surface area contributed by atoms with E-state index in [0.717, 1.165) is 67.5 Å². The molecule has 480 valence electrons. The van der Waals surface area contributed by atoms with Crippen molar-refractivity contribution in [1.82, 2.24) is 20.9 Å². The Kier molecular flexibility index (Phi) is 25.5. The molecule has 4 N–H and O–H groups in total. The molecule has 4 aliphatic rings. The summed E-state index contributed by atoms with van der Waals surface area (Å²) in [5.74, 6) is 0.569. The summed E-state index contributed by atoms with van der Waals surface area (Å²) in [7, 11) is 4.17. The fourth-order valence-electron chi connectivity index (χ4n) is 10.9. The number of carbonyl (C=O) groups is 7. The van der Waals surface area contributed by atoms with E-state index in [4.69, 9.17) is 77.6 Å². The summed E-state index contributed by atoms with van der Waals surface area (Å²) < 4.78 is 59.2. The quantitative estimate of drug-likeness (QED) is 0.0486. The maximum atomic E-state index is 12.6. The van der Waals surface area contributed by atoms with Gasteiger partial charge in [-0.05, 0) is 123 Å². The van der Waals surface area contributed by atoms with Crippen molar-refractivity contribution in [2.24, 2.45) is 0 Å². The zero-order valence-corrected chi connectivity index (χ0v) is 54.0. The molecule has 16 nitrogen and oxygen atoms in total. The van der Waals surface area contributed by atoms with Crippen LogP contribution in [-0.2, 0) is 38.2 Å². The van der Waals surface area contributed by atoms with Gasteiger partial charge in [0.15, 0.2) is 23.7 Å². The second-order valence-corrected chi connectivity index (χ2v) is 23.2. The largest absolute Gasteiger partial charge is 0.434 e. The van der Waals surface area contributed by atoms with Gasteiger partial charge in [0, 0.05) is 150 Å². The van der Waals surface area contributed by atoms with E-state index in [9.17, 15) is 33.6 Å². The van der Waals surface area contributed by atoms with Gasteiger partial charge in [-0.3, -0.25) is 24.0 Å². The third kappa shape index (κ3) is 19.5. The molecule has 0 aliphatic carbocycles. The van der Waals surface area contributed by atoms with E-state index in [1.54, 1.807) is 65.3 Å². The summed E-state index contributed by atoms with van der Waals surface area (Å²) in [6, 6.07) is 38.6. The molecule has 6 aromatic rings. The highest BCUT2D eigenvalue weighted by molar-refractivity contribution is 6.61. The molecule has 10 rings (SSSR count). The highest BCUT2D eigenvalue weighted by Gasteiger charge is 2.46. The number of amides is 4. The molecule has 0 aromatic heterocycles. The molecular formula is C66H92Cl5N7O9. The summed E-state index contributed by atoms with van der Waals surface area (Å²) in [5, 5.41) is 15.5. The molecule has 2 saturated heterocycles. The molecule has 6 aromatic carbocycles. The number of nitrogens with one attached hydrogen (secondary N) is 4. The van der Waals surface area contributed by atoms with Crippen molar-refractivity contribution in [2.75, 3.05) is 80.2 Å². The molecule has 2 fully saturated rings. The molecule has 21 heteroatoms. The smallest absolute Gasteiger partial charge is 0.411 e. The maximum absolute atomic E-state index is 12.6. The second kappa shape index (κ2) is 35.2. The van der Waals surface area contributed by atoms with Crippen molar-refractivity contribution in [3.8, 4) is 0 Å². The number of halogens is 5. The fourth-order valence-corrected chi connectivity index (χ4v) is 11.2. The molecular weight excluding hydrogens is 1210 g/mol. The van der Waals surface area contributed by atoms with Crippen molar-refractivity contribution in [3.63, 3.8) is 0 Å². The van der Waals surface area contributed by atoms with Crippen LogP contribution in [0.1, 0.15) is 140 Å². The minimum Gasteiger partial charge on any atom is -0.434 e. The average Bonchev–Trinajstić information content (AvgIpc) is 1.62. The lowest BCUT2D eigenvalue weighted by Crippen LogP contribution is -2.47. The van der Waals surface area contributed by atoms with Crippen LogP contribution in [0.5, 0.6) is 0 Å². The third-order valence-corrected chi connectivity index (χ3v) is 15.9. The van der Waals surface area contributed by atoms with Gasteiger partial charge in [0.25, 0.3) is 11.8 Å². The highest BCUT2D eigenvalue weighted by atomic mass is 35.5. The van der Waals surface area contributed by atoms with Crippen LogP contribution < -0.4 is 31.1 Å². The highest BCUT2D eigenvalue weighted by Crippen LogP contribution is 2.47. The van der Waals surface area contributed by atoms with Gasteiger partial charge in [-0.2, -0.15) is 0 Å². The number of rotatable bonds is 13. The zero-order chi connectivity index (χ0) is 73.7. The summed E-state index contributed by atoms with van der Waals surface area (Å²) in [4.78, 5) is 86.6. The van der Waals surface area contributed by atoms with Crippen LogP contribution in [-0.4, -0.2) is 123 Å². The number of likely N-dealkylation sites (tertiary alicyclic amines) is 1. The number of hydrogen-bond donors (Lipinski definition) is 4. The van der Waals surface area contributed by atoms with Crippen LogP contribution in [0.15, 0.2) is 121 Å². The first-order valence-electron chi connectivity index (χ1n) is 33.8. The number of carbonyl (C=O) groups excluding carboxylic acids is 7. The molecule has 87 heavy (non-hydrogen) atoms. The predicted molar refractivity (Wildman–Crippen MR) is 367 cm³/mol. The standard InChI is InChI=1S/C25H26ClN3O5.C21H23N3O2.C13H15N.C3H4Cl2O2.C2H4Cl2.C2H6.7H2/c1-17(26)34-24(33)28-10-8-25(9-11-28)15-29(16-31)22-7-6-18(12-21(22)25)13-27-23(32)20-5-3-2-4-19(20)14-30;25-13-16-3-1-2-4-17(16)20(26)23-12-15-5-6-19-18(11-15)21(14-24-19)7-9-22-10-8-21;1-10-6-4-7-11-8-5-9-12(13(10)11)14(2)3;1-2(4)7-3(5)6;3-1-2-4;1-2;;;;;;;/h2-7,12,14,16-17H,8-11,13,15H2,1H3,(H,27,32);1-6,11,13,22,24H,7-10,12,14H2,(H,23,26);4-9H,1-3H3;2H,1H3;1-2H2;1-2H3;7*1H/i;;;;;;5*1+1D;2*1+1. The SMILES string of the molecule is CC.CC(Cl)OC(=O)Cl.CC(Cl)OC(=O)N1CCC2(CC1)CN(C=O)c1ccc(CNC(=O)c3ccccc3C=O)cc12.Cc1cccc2cccc(N(C)C)c12.ClCCCl.O=Cc1ccccc1C(=O)NCc1ccc2c(c1)C1(CCNCC1)CN2.[2HH].[2HH].[2H][2H].[2H][2H].[2H][2H].[2H][2H].[2H][2H]. The molecule has 2 atom stereocenters. The normalized spacial score (nSPS) is 15.5. The van der Waals surface area contributed by atoms with E-state index < -0.39 is 22.6 Å². The summed E-state index contributed by atoms with van der Waals surface area (Å²) >= 11 is 25.8. The number of anilines is 3. The van der Waals surface area contributed by atoms with E-state index >= 15 is 0 Å². The van der Waals surface area contributed by atoms with Crippen LogP contribution in [0.2, 0.25) is 0 Å². The summed E-state index contributed by atoms with van der Waals surface area (Å²) in [5.41, 5.74) is 8.31. The summed E-state index contributed by atoms with van der Waals surface area (Å²) in [6.07, 6.45) is 5.41. The predicted octanol–water partition coefficient (Wildman–Crippen LogP) is 15.3. The van der Waals surface area contributed by atoms with E-state index in [1.165, 1.54) is 40.2 Å². The Morgan fingerprint density at radius 1 is 0.701 bits per heavy atom. The average molecular weight is 1320 g/mol. The zero-order valence-electron chi connectivity index (χ0n) is 60.2. The number of nitrogens with zero attached hydrogens (tertiary/aromatic N) is 3. The van der Waals surface area contributed by atoms with Crippen molar-refractivity contribution in [2.45, 2.75) is 95.3 Å². The van der Waals surface area contributed by atoms with E-state index in [-0.39, 0.29) is 32.0 Å². The van der Waals surface area contributed by atoms with Crippen LogP contribution in [0.3, 0.4) is 0 Å². The second-order valence-electron chi connectivity index (χ2n) is 20.9. The molecule has 2 unspecified atom stereocenters. The van der Waals surface area contributed by atoms with Crippen molar-refractivity contribution < 1.29 is 60.7 Å². The maximum Gasteiger partial charge on any atom is 0.411 e. The number of benzene rings is 6. The van der Waals surface area contributed by atoms with Gasteiger partial charge in [-0.15, -0.1) is 23.2 Å². The Bertz CT molecular complexity index is 3320. The lowest BCUT2D eigenvalue weighted by molar-refractivity contribution is -0.107. The number of aryl methyl sites for hydroxylation is 1. The number of fused-ring (bicyclic) bond motifs is 5. The van der Waals surface area contributed by atoms with Crippen LogP contribution in [0.4, 0.5) is 26.7 Å². The van der Waals surface area contributed by atoms with Crippen molar-refractivity contribution in [1.29, 1.82) is 0 Å². The first-order valence-corrected chi connectivity index (χ1v) is 31.1. The minimum atomic E-state index is -0.873. The molecule has 2 spiro atoms. The first kappa shape index (κ1) is 63.1. The summed E-state index contributed by atoms with van der Waals surface area (Å²) in [6.45, 7) is 14.6. The van der Waals surface area contributed by atoms with Crippen molar-refractivity contribution in [3.05, 3.63) is 171 Å². The monoisotopic (exact) mass is 1310 g/mol. The molecule has 0 saturated carbocycles. The number of piperidine rings is 2. The Hall–Kier alpha value is -6.92. The molecule has 4 aliphatic heterocycles. The van der Waals surface area contributed by atoms with Gasteiger partial charge in [0.2, 0.25) is 6.41 Å². The van der Waals surface area contributed by atoms with E-state index in [2.05, 4.69) is 107 Å². The van der Waals surface area contributed by atoms with E-state index in [0.29, 0.717) is 79.3 Å². The van der Waals surface area contributed by atoms with Gasteiger partial charge in [0.1, 0.15) is 0 Å². The lowest BCUT2D eigenvalue weighted by atomic mass is 9.74. The Labute approximate surface area is 554 Å².